The van der Waals surface area contributed by atoms with Crippen molar-refractivity contribution in [3.63, 3.8) is 0 Å². The van der Waals surface area contributed by atoms with Crippen molar-refractivity contribution < 1.29 is 28.6 Å². The molecule has 0 aliphatic heterocycles. The Labute approximate surface area is 353 Å². The number of carbonyl (C=O) groups is 3. The summed E-state index contributed by atoms with van der Waals surface area (Å²) in [5.74, 6) is -0.889. The summed E-state index contributed by atoms with van der Waals surface area (Å²) < 4.78 is 16.7. The number of rotatable bonds is 44. The lowest BCUT2D eigenvalue weighted by Gasteiger charge is -2.18. The number of hydrogen-bond acceptors (Lipinski definition) is 6. The van der Waals surface area contributed by atoms with Gasteiger partial charge in [0, 0.05) is 19.3 Å². The van der Waals surface area contributed by atoms with E-state index in [1.165, 1.54) is 128 Å². The van der Waals surface area contributed by atoms with E-state index in [4.69, 9.17) is 14.2 Å². The summed E-state index contributed by atoms with van der Waals surface area (Å²) in [6, 6.07) is 0. The van der Waals surface area contributed by atoms with Gasteiger partial charge in [-0.15, -0.1) is 0 Å². The van der Waals surface area contributed by atoms with Crippen LogP contribution in [0.25, 0.3) is 0 Å². The van der Waals surface area contributed by atoms with Gasteiger partial charge in [-0.3, -0.25) is 14.4 Å². The van der Waals surface area contributed by atoms with E-state index in [9.17, 15) is 14.4 Å². The highest BCUT2D eigenvalue weighted by molar-refractivity contribution is 5.71. The molecule has 6 heteroatoms. The smallest absolute Gasteiger partial charge is 0.306 e. The molecule has 1 atom stereocenters. The molecule has 0 rings (SSSR count). The number of esters is 3. The first-order valence-electron chi connectivity index (χ1n) is 24.5. The van der Waals surface area contributed by atoms with Crippen LogP contribution < -0.4 is 0 Å². The van der Waals surface area contributed by atoms with E-state index < -0.39 is 6.10 Å². The van der Waals surface area contributed by atoms with E-state index in [-0.39, 0.29) is 31.1 Å². The Morgan fingerprint density at radius 3 is 1.07 bits per heavy atom. The maximum Gasteiger partial charge on any atom is 0.306 e. The lowest BCUT2D eigenvalue weighted by atomic mass is 10.1. The SMILES string of the molecule is CCCC/C=C\CCCCCCCC(=O)O[C@@H](COC(=O)CCCCCCCCC/C=C\C/C=C\CCCCC)COC(=O)CCCCCCCCCCCCC. The standard InChI is InChI=1S/C51H92O6/c1-4-7-10-13-16-19-22-23-24-25-26-27-30-32-35-38-41-44-50(53)56-47-48(57-51(54)45-42-39-36-33-29-21-18-15-12-9-6-3)46-55-49(52)43-40-37-34-31-28-20-17-14-11-8-5-2/h15-16,18-19,23-24,48H,4-14,17,20-22,25-47H2,1-3H3/b18-15-,19-16-,24-23-/t48-/m1/s1. The highest BCUT2D eigenvalue weighted by Crippen LogP contribution is 2.15. The summed E-state index contributed by atoms with van der Waals surface area (Å²) in [6.45, 7) is 6.56. The van der Waals surface area contributed by atoms with Gasteiger partial charge in [0.1, 0.15) is 13.2 Å². The minimum absolute atomic E-state index is 0.0758. The lowest BCUT2D eigenvalue weighted by Crippen LogP contribution is -2.30. The van der Waals surface area contributed by atoms with Crippen LogP contribution in [0.2, 0.25) is 0 Å². The van der Waals surface area contributed by atoms with Crippen molar-refractivity contribution in [2.24, 2.45) is 0 Å². The van der Waals surface area contributed by atoms with Crippen LogP contribution in [0.3, 0.4) is 0 Å². The first-order chi connectivity index (χ1) is 28.0. The van der Waals surface area contributed by atoms with Crippen molar-refractivity contribution in [2.75, 3.05) is 13.2 Å². The molecule has 0 saturated carbocycles. The average Bonchev–Trinajstić information content (AvgIpc) is 3.21. The van der Waals surface area contributed by atoms with Crippen molar-refractivity contribution in [1.29, 1.82) is 0 Å². The van der Waals surface area contributed by atoms with Crippen molar-refractivity contribution in [3.8, 4) is 0 Å². The van der Waals surface area contributed by atoms with Crippen LogP contribution in [0.4, 0.5) is 0 Å². The van der Waals surface area contributed by atoms with E-state index in [1.807, 2.05) is 0 Å². The molecule has 0 spiro atoms. The van der Waals surface area contributed by atoms with Gasteiger partial charge < -0.3 is 14.2 Å². The van der Waals surface area contributed by atoms with E-state index in [2.05, 4.69) is 57.2 Å². The summed E-state index contributed by atoms with van der Waals surface area (Å²) >= 11 is 0. The molecular formula is C51H92O6. The average molecular weight is 801 g/mol. The van der Waals surface area contributed by atoms with Crippen LogP contribution in [0.15, 0.2) is 36.5 Å². The van der Waals surface area contributed by atoms with Gasteiger partial charge in [0.05, 0.1) is 0 Å². The number of hydrogen-bond donors (Lipinski definition) is 0. The summed E-state index contributed by atoms with van der Waals surface area (Å²) in [4.78, 5) is 37.8. The Bertz CT molecular complexity index is 969. The Kier molecular flexibility index (Phi) is 44.4. The summed E-state index contributed by atoms with van der Waals surface area (Å²) in [5, 5.41) is 0. The van der Waals surface area contributed by atoms with Gasteiger partial charge in [0.25, 0.3) is 0 Å². The molecule has 0 amide bonds. The van der Waals surface area contributed by atoms with E-state index >= 15 is 0 Å². The number of unbranched alkanes of at least 4 members (excludes halogenated alkanes) is 27. The van der Waals surface area contributed by atoms with Gasteiger partial charge in [-0.05, 0) is 70.6 Å². The molecule has 57 heavy (non-hydrogen) atoms. The third kappa shape index (κ3) is 44.6. The zero-order chi connectivity index (χ0) is 41.5. The van der Waals surface area contributed by atoms with Gasteiger partial charge >= 0.3 is 17.9 Å². The monoisotopic (exact) mass is 801 g/mol. The highest BCUT2D eigenvalue weighted by Gasteiger charge is 2.19. The second kappa shape index (κ2) is 46.3. The summed E-state index contributed by atoms with van der Waals surface area (Å²) in [6.07, 6.45) is 52.6. The van der Waals surface area contributed by atoms with Crippen LogP contribution >= 0.6 is 0 Å². The topological polar surface area (TPSA) is 78.9 Å². The molecule has 0 aromatic rings. The van der Waals surface area contributed by atoms with Crippen molar-refractivity contribution in [1.82, 2.24) is 0 Å². The zero-order valence-electron chi connectivity index (χ0n) is 37.9. The fourth-order valence-electron chi connectivity index (χ4n) is 6.86. The fraction of sp³-hybridized carbons (Fsp3) is 0.824. The Morgan fingerprint density at radius 1 is 0.351 bits per heavy atom. The maximum absolute atomic E-state index is 12.7. The van der Waals surface area contributed by atoms with Gasteiger partial charge in [0.2, 0.25) is 0 Å². The molecule has 0 bridgehead atoms. The molecular weight excluding hydrogens is 709 g/mol. The third-order valence-corrected chi connectivity index (χ3v) is 10.6. The van der Waals surface area contributed by atoms with Gasteiger partial charge in [-0.2, -0.15) is 0 Å². The first-order valence-corrected chi connectivity index (χ1v) is 24.5. The quantitative estimate of drug-likeness (QED) is 0.0264. The van der Waals surface area contributed by atoms with Gasteiger partial charge in [-0.1, -0.05) is 198 Å². The van der Waals surface area contributed by atoms with Crippen LogP contribution in [0.5, 0.6) is 0 Å². The number of ether oxygens (including phenoxy) is 3. The largest absolute Gasteiger partial charge is 0.462 e. The van der Waals surface area contributed by atoms with Gasteiger partial charge in [0.15, 0.2) is 6.10 Å². The van der Waals surface area contributed by atoms with Gasteiger partial charge in [-0.25, -0.2) is 0 Å². The van der Waals surface area contributed by atoms with Crippen LogP contribution in [0, 0.1) is 0 Å². The predicted octanol–water partition coefficient (Wildman–Crippen LogP) is 15.8. The molecule has 0 N–H and O–H groups in total. The molecule has 0 aliphatic rings. The molecule has 0 aromatic carbocycles. The van der Waals surface area contributed by atoms with E-state index in [0.717, 1.165) is 83.5 Å². The first kappa shape index (κ1) is 54.6. The lowest BCUT2D eigenvalue weighted by molar-refractivity contribution is -0.167. The Balaban J connectivity index is 4.33. The Morgan fingerprint density at radius 2 is 0.649 bits per heavy atom. The zero-order valence-corrected chi connectivity index (χ0v) is 37.9. The third-order valence-electron chi connectivity index (χ3n) is 10.6. The molecule has 0 aliphatic carbocycles. The maximum atomic E-state index is 12.7. The van der Waals surface area contributed by atoms with Crippen molar-refractivity contribution >= 4 is 17.9 Å². The van der Waals surface area contributed by atoms with Crippen LogP contribution in [-0.2, 0) is 28.6 Å². The molecule has 0 fully saturated rings. The minimum atomic E-state index is -0.774. The molecule has 332 valence electrons. The molecule has 0 saturated heterocycles. The number of carbonyl (C=O) groups excluding carboxylic acids is 3. The van der Waals surface area contributed by atoms with Crippen molar-refractivity contribution in [2.45, 2.75) is 258 Å². The molecule has 0 radical (unpaired) electrons. The molecule has 0 aromatic heterocycles. The highest BCUT2D eigenvalue weighted by atomic mass is 16.6. The normalized spacial score (nSPS) is 12.3. The van der Waals surface area contributed by atoms with Crippen LogP contribution in [0.1, 0.15) is 252 Å². The Hall–Kier alpha value is -2.37. The summed E-state index contributed by atoms with van der Waals surface area (Å²) in [5.41, 5.74) is 0. The molecule has 6 nitrogen and oxygen atoms in total. The van der Waals surface area contributed by atoms with E-state index in [1.54, 1.807) is 0 Å². The van der Waals surface area contributed by atoms with E-state index in [0.29, 0.717) is 19.3 Å². The van der Waals surface area contributed by atoms with Crippen LogP contribution in [-0.4, -0.2) is 37.2 Å². The molecule has 0 heterocycles. The fourth-order valence-corrected chi connectivity index (χ4v) is 6.86. The summed E-state index contributed by atoms with van der Waals surface area (Å²) in [7, 11) is 0. The second-order valence-corrected chi connectivity index (χ2v) is 16.4. The number of allylic oxidation sites excluding steroid dienone is 6. The molecule has 0 unspecified atom stereocenters. The second-order valence-electron chi connectivity index (χ2n) is 16.4. The minimum Gasteiger partial charge on any atom is -0.462 e. The van der Waals surface area contributed by atoms with Crippen molar-refractivity contribution in [3.05, 3.63) is 36.5 Å². The predicted molar refractivity (Wildman–Crippen MR) is 242 cm³/mol.